The largest absolute Gasteiger partial charge is 0.257 e. The summed E-state index contributed by atoms with van der Waals surface area (Å²) in [5.41, 5.74) is 1.94. The van der Waals surface area contributed by atoms with E-state index >= 15 is 0 Å². The van der Waals surface area contributed by atoms with Crippen molar-refractivity contribution in [1.29, 1.82) is 0 Å². The van der Waals surface area contributed by atoms with Gasteiger partial charge in [-0.25, -0.2) is 4.39 Å². The van der Waals surface area contributed by atoms with Crippen LogP contribution in [0.4, 0.5) is 10.1 Å². The van der Waals surface area contributed by atoms with E-state index in [1.807, 2.05) is 11.1 Å². The molecule has 2 aromatic heterocycles. The van der Waals surface area contributed by atoms with Crippen molar-refractivity contribution >= 4 is 40.1 Å². The fraction of sp³-hybridized carbons (Fsp3) is 0.105. The second-order valence-corrected chi connectivity index (χ2v) is 7.45. The molecule has 0 bridgehead atoms. The summed E-state index contributed by atoms with van der Waals surface area (Å²) in [4.78, 5) is 2.48. The van der Waals surface area contributed by atoms with Crippen LogP contribution in [0.5, 0.6) is 0 Å². The molecule has 0 saturated heterocycles. The maximum atomic E-state index is 13.2. The molecule has 2 nitrogen and oxygen atoms in total. The number of anilines is 1. The van der Waals surface area contributed by atoms with Gasteiger partial charge in [-0.2, -0.15) is 5.10 Å². The van der Waals surface area contributed by atoms with Crippen LogP contribution in [0, 0.1) is 5.82 Å². The molecule has 0 fully saturated rings. The molecule has 0 N–H and O–H groups in total. The molecule has 1 aliphatic rings. The molecule has 24 heavy (non-hydrogen) atoms. The van der Waals surface area contributed by atoms with Gasteiger partial charge in [-0.05, 0) is 59.3 Å². The summed E-state index contributed by atoms with van der Waals surface area (Å²) in [5.74, 6) is -0.229. The van der Waals surface area contributed by atoms with Gasteiger partial charge in [0.2, 0.25) is 0 Å². The molecule has 1 aromatic carbocycles. The summed E-state index contributed by atoms with van der Waals surface area (Å²) in [6.45, 7) is 0. The number of hydrogen-bond donors (Lipinski definition) is 0. The van der Waals surface area contributed by atoms with E-state index in [4.69, 9.17) is 5.10 Å². The Morgan fingerprint density at radius 2 is 1.79 bits per heavy atom. The van der Waals surface area contributed by atoms with E-state index < -0.39 is 0 Å². The van der Waals surface area contributed by atoms with Crippen molar-refractivity contribution in [3.8, 4) is 0 Å². The second kappa shape index (κ2) is 6.71. The van der Waals surface area contributed by atoms with Crippen molar-refractivity contribution in [2.45, 2.75) is 12.5 Å². The normalized spacial score (nSPS) is 17.6. The molecule has 3 heterocycles. The average Bonchev–Trinajstić information content (AvgIpc) is 3.34. The summed E-state index contributed by atoms with van der Waals surface area (Å²) >= 11 is 3.44. The van der Waals surface area contributed by atoms with Crippen molar-refractivity contribution in [3.63, 3.8) is 0 Å². The molecule has 3 aromatic rings. The molecule has 0 radical (unpaired) electrons. The first-order valence-electron chi connectivity index (χ1n) is 7.67. The highest BCUT2D eigenvalue weighted by molar-refractivity contribution is 7.10. The van der Waals surface area contributed by atoms with Gasteiger partial charge in [0.15, 0.2) is 0 Å². The molecule has 0 saturated carbocycles. The van der Waals surface area contributed by atoms with Gasteiger partial charge >= 0.3 is 0 Å². The first-order chi connectivity index (χ1) is 11.8. The predicted octanol–water partition coefficient (Wildman–Crippen LogP) is 5.97. The zero-order chi connectivity index (χ0) is 16.4. The Bertz CT molecular complexity index is 849. The van der Waals surface area contributed by atoms with E-state index in [9.17, 15) is 4.39 Å². The molecule has 0 amide bonds. The summed E-state index contributed by atoms with van der Waals surface area (Å²) in [5, 5.41) is 10.9. The molecule has 1 atom stereocenters. The quantitative estimate of drug-likeness (QED) is 0.563. The first kappa shape index (κ1) is 15.3. The van der Waals surface area contributed by atoms with E-state index in [0.29, 0.717) is 0 Å². The van der Waals surface area contributed by atoms with Crippen LogP contribution in [-0.2, 0) is 0 Å². The van der Waals surface area contributed by atoms with Gasteiger partial charge in [0, 0.05) is 16.2 Å². The van der Waals surface area contributed by atoms with Crippen molar-refractivity contribution in [3.05, 3.63) is 80.9 Å². The lowest BCUT2D eigenvalue weighted by atomic mass is 10.1. The van der Waals surface area contributed by atoms with E-state index in [0.717, 1.165) is 17.8 Å². The zero-order valence-corrected chi connectivity index (χ0v) is 14.4. The monoisotopic (exact) mass is 354 g/mol. The van der Waals surface area contributed by atoms with E-state index in [1.165, 1.54) is 21.9 Å². The molecular formula is C19H15FN2S2. The van der Waals surface area contributed by atoms with Crippen LogP contribution in [0.25, 0.3) is 6.08 Å². The highest BCUT2D eigenvalue weighted by Crippen LogP contribution is 2.37. The summed E-state index contributed by atoms with van der Waals surface area (Å²) in [6.07, 6.45) is 5.03. The lowest BCUT2D eigenvalue weighted by molar-refractivity contribution is 0.626. The molecule has 0 unspecified atom stereocenters. The Balaban J connectivity index is 1.64. The van der Waals surface area contributed by atoms with E-state index in [2.05, 4.69) is 41.1 Å². The van der Waals surface area contributed by atoms with Gasteiger partial charge in [0.25, 0.3) is 0 Å². The van der Waals surface area contributed by atoms with Crippen LogP contribution < -0.4 is 5.01 Å². The fourth-order valence-corrected chi connectivity index (χ4v) is 4.16. The first-order valence-corrected chi connectivity index (χ1v) is 9.43. The van der Waals surface area contributed by atoms with Crippen LogP contribution in [0.2, 0.25) is 0 Å². The Hall–Kier alpha value is -2.24. The lowest BCUT2D eigenvalue weighted by Crippen LogP contribution is -2.17. The smallest absolute Gasteiger partial charge is 0.123 e. The summed E-state index contributed by atoms with van der Waals surface area (Å²) < 4.78 is 13.2. The number of allylic oxidation sites excluding steroid dienone is 1. The summed E-state index contributed by atoms with van der Waals surface area (Å²) in [6, 6.07) is 15.0. The van der Waals surface area contributed by atoms with E-state index in [-0.39, 0.29) is 11.9 Å². The minimum absolute atomic E-state index is 0.165. The van der Waals surface area contributed by atoms with Crippen LogP contribution in [-0.4, -0.2) is 5.71 Å². The third-order valence-corrected chi connectivity index (χ3v) is 5.69. The van der Waals surface area contributed by atoms with Gasteiger partial charge in [0.05, 0.1) is 17.4 Å². The number of hydrazone groups is 1. The molecule has 1 aliphatic heterocycles. The number of hydrogen-bond acceptors (Lipinski definition) is 4. The molecule has 5 heteroatoms. The third-order valence-electron chi connectivity index (χ3n) is 3.88. The van der Waals surface area contributed by atoms with Crippen LogP contribution >= 0.6 is 22.7 Å². The Morgan fingerprint density at radius 1 is 1.00 bits per heavy atom. The Kier molecular flexibility index (Phi) is 4.28. The summed E-state index contributed by atoms with van der Waals surface area (Å²) in [7, 11) is 0. The maximum absolute atomic E-state index is 13.2. The molecular weight excluding hydrogens is 339 g/mol. The number of halogens is 1. The van der Waals surface area contributed by atoms with Gasteiger partial charge in [-0.15, -0.1) is 22.7 Å². The average molecular weight is 354 g/mol. The second-order valence-electron chi connectivity index (χ2n) is 5.50. The van der Waals surface area contributed by atoms with Crippen molar-refractivity contribution < 1.29 is 4.39 Å². The standard InChI is InChI=1S/C19H15FN2S2/c20-14-5-8-16(9-6-14)22-18(19-4-2-12-24-19)13-15(21-22)7-10-17-3-1-11-23-17/h1-12,18H,13H2/b10-7-/t18-/m0/s1. The number of nitrogens with zero attached hydrogens (tertiary/aromatic N) is 2. The van der Waals surface area contributed by atoms with Crippen molar-refractivity contribution in [2.75, 3.05) is 5.01 Å². The molecule has 120 valence electrons. The molecule has 4 rings (SSSR count). The van der Waals surface area contributed by atoms with Gasteiger partial charge < -0.3 is 0 Å². The number of benzene rings is 1. The van der Waals surface area contributed by atoms with Crippen molar-refractivity contribution in [2.24, 2.45) is 5.10 Å². The Morgan fingerprint density at radius 3 is 2.50 bits per heavy atom. The van der Waals surface area contributed by atoms with Crippen LogP contribution in [0.15, 0.2) is 70.5 Å². The zero-order valence-electron chi connectivity index (χ0n) is 12.8. The van der Waals surface area contributed by atoms with E-state index in [1.54, 1.807) is 34.8 Å². The predicted molar refractivity (Wildman–Crippen MR) is 101 cm³/mol. The number of thiophene rings is 2. The molecule has 0 aliphatic carbocycles. The molecule has 0 spiro atoms. The highest BCUT2D eigenvalue weighted by atomic mass is 32.1. The maximum Gasteiger partial charge on any atom is 0.123 e. The van der Waals surface area contributed by atoms with Gasteiger partial charge in [-0.1, -0.05) is 12.1 Å². The number of rotatable bonds is 4. The van der Waals surface area contributed by atoms with Crippen LogP contribution in [0.1, 0.15) is 22.2 Å². The van der Waals surface area contributed by atoms with Gasteiger partial charge in [-0.3, -0.25) is 5.01 Å². The minimum Gasteiger partial charge on any atom is -0.257 e. The highest BCUT2D eigenvalue weighted by Gasteiger charge is 2.28. The fourth-order valence-electron chi connectivity index (χ4n) is 2.73. The third kappa shape index (κ3) is 3.18. The SMILES string of the molecule is Fc1ccc(N2N=C(/C=C\c3cccs3)C[C@H]2c2cccs2)cc1. The van der Waals surface area contributed by atoms with Crippen molar-refractivity contribution in [1.82, 2.24) is 0 Å². The Labute approximate surface area is 148 Å². The van der Waals surface area contributed by atoms with Gasteiger partial charge in [0.1, 0.15) is 5.82 Å². The van der Waals surface area contributed by atoms with Crippen LogP contribution in [0.3, 0.4) is 0 Å². The lowest BCUT2D eigenvalue weighted by Gasteiger charge is -2.22. The minimum atomic E-state index is -0.229. The topological polar surface area (TPSA) is 15.6 Å².